The molecule has 0 atom stereocenters. The van der Waals surface area contributed by atoms with Gasteiger partial charge in [0, 0.05) is 18.2 Å². The van der Waals surface area contributed by atoms with Crippen molar-refractivity contribution in [3.05, 3.63) is 88.7 Å². The minimum Gasteiger partial charge on any atom is -0.508 e. The Hall–Kier alpha value is -3.44. The lowest BCUT2D eigenvalue weighted by Gasteiger charge is -2.15. The van der Waals surface area contributed by atoms with Crippen molar-refractivity contribution in [2.45, 2.75) is 13.8 Å². The molecule has 0 heterocycles. The number of likely N-dealkylation sites (N-methyl/N-ethyl adjacent to an activating group) is 1. The summed E-state index contributed by atoms with van der Waals surface area (Å²) in [4.78, 5) is 15.1. The molecule has 3 aromatic carbocycles. The van der Waals surface area contributed by atoms with Gasteiger partial charge in [-0.25, -0.2) is 4.39 Å². The number of rotatable bonds is 8. The van der Waals surface area contributed by atoms with Gasteiger partial charge in [0.05, 0.1) is 5.56 Å². The van der Waals surface area contributed by atoms with E-state index < -0.39 is 5.82 Å². The van der Waals surface area contributed by atoms with E-state index in [0.717, 1.165) is 28.3 Å². The maximum absolute atomic E-state index is 14.0. The second kappa shape index (κ2) is 10.2. The molecular formula is C27H28FNO3. The van der Waals surface area contributed by atoms with Gasteiger partial charge in [-0.05, 0) is 75.5 Å². The van der Waals surface area contributed by atoms with Crippen molar-refractivity contribution < 1.29 is 19.0 Å². The number of aryl methyl sites for hydroxylation is 2. The molecule has 0 radical (unpaired) electrons. The molecule has 0 spiro atoms. The number of ether oxygens (including phenoxy) is 1. The molecular weight excluding hydrogens is 405 g/mol. The van der Waals surface area contributed by atoms with Gasteiger partial charge in [-0.15, -0.1) is 0 Å². The quantitative estimate of drug-likeness (QED) is 0.368. The number of phenolic OH excluding ortho intramolecular Hbond substituents is 1. The van der Waals surface area contributed by atoms with Gasteiger partial charge >= 0.3 is 0 Å². The number of nitrogens with zero attached hydrogens (tertiary/aromatic N) is 1. The fourth-order valence-electron chi connectivity index (χ4n) is 3.41. The Morgan fingerprint density at radius 3 is 2.38 bits per heavy atom. The summed E-state index contributed by atoms with van der Waals surface area (Å²) in [6.07, 6.45) is 2.74. The fraction of sp³-hybridized carbons (Fsp3) is 0.222. The van der Waals surface area contributed by atoms with Crippen molar-refractivity contribution in [3.63, 3.8) is 0 Å². The molecule has 166 valence electrons. The second-order valence-corrected chi connectivity index (χ2v) is 8.14. The number of carbonyl (C=O) groups is 1. The molecule has 3 aromatic rings. The summed E-state index contributed by atoms with van der Waals surface area (Å²) in [5.41, 5.74) is 4.84. The van der Waals surface area contributed by atoms with Crippen molar-refractivity contribution >= 4 is 11.9 Å². The van der Waals surface area contributed by atoms with Crippen molar-refractivity contribution in [2.24, 2.45) is 0 Å². The first kappa shape index (κ1) is 23.2. The first-order chi connectivity index (χ1) is 15.2. The number of hydrogen-bond donors (Lipinski definition) is 1. The van der Waals surface area contributed by atoms with Gasteiger partial charge in [0.15, 0.2) is 5.78 Å². The minimum absolute atomic E-state index is 0.163. The molecule has 0 fully saturated rings. The van der Waals surface area contributed by atoms with Crippen LogP contribution in [0.25, 0.3) is 17.2 Å². The van der Waals surface area contributed by atoms with E-state index in [1.54, 1.807) is 0 Å². The van der Waals surface area contributed by atoms with E-state index >= 15 is 0 Å². The number of hydrogen-bond acceptors (Lipinski definition) is 4. The molecule has 0 aromatic heterocycles. The Morgan fingerprint density at radius 1 is 1.00 bits per heavy atom. The third-order valence-electron chi connectivity index (χ3n) is 4.99. The number of carbonyl (C=O) groups excluding carboxylic acids is 1. The van der Waals surface area contributed by atoms with Crippen molar-refractivity contribution in [1.29, 1.82) is 0 Å². The third-order valence-corrected chi connectivity index (χ3v) is 4.99. The normalized spacial score (nSPS) is 11.3. The number of ketones is 1. The Morgan fingerprint density at radius 2 is 1.72 bits per heavy atom. The molecule has 0 unspecified atom stereocenters. The number of aromatic hydroxyl groups is 1. The highest BCUT2D eigenvalue weighted by atomic mass is 19.1. The Bertz CT molecular complexity index is 1130. The maximum Gasteiger partial charge on any atom is 0.189 e. The molecule has 0 bridgehead atoms. The lowest BCUT2D eigenvalue weighted by Crippen LogP contribution is -2.20. The van der Waals surface area contributed by atoms with Gasteiger partial charge in [0.2, 0.25) is 0 Å². The summed E-state index contributed by atoms with van der Waals surface area (Å²) in [6.45, 7) is 5.22. The molecule has 0 aliphatic heterocycles. The number of halogens is 1. The minimum atomic E-state index is -0.597. The SMILES string of the molecule is Cc1cc(C)cc(-c2ccc(OCCN(C)C)c(C(=O)/C=C/c3ccc(O)cc3F)c2)c1. The lowest BCUT2D eigenvalue weighted by atomic mass is 9.97. The third kappa shape index (κ3) is 6.05. The Kier molecular flexibility index (Phi) is 7.44. The van der Waals surface area contributed by atoms with Crippen LogP contribution in [0, 0.1) is 19.7 Å². The fourth-order valence-corrected chi connectivity index (χ4v) is 3.41. The van der Waals surface area contributed by atoms with Crippen LogP contribution in [0.3, 0.4) is 0 Å². The summed E-state index contributed by atoms with van der Waals surface area (Å²) in [6, 6.07) is 15.6. The van der Waals surface area contributed by atoms with Gasteiger partial charge in [0.25, 0.3) is 0 Å². The zero-order valence-electron chi connectivity index (χ0n) is 18.9. The van der Waals surface area contributed by atoms with Gasteiger partial charge in [-0.2, -0.15) is 0 Å². The molecule has 0 amide bonds. The zero-order chi connectivity index (χ0) is 23.3. The van der Waals surface area contributed by atoms with Gasteiger partial charge in [-0.3, -0.25) is 4.79 Å². The van der Waals surface area contributed by atoms with Crippen molar-refractivity contribution in [2.75, 3.05) is 27.2 Å². The summed E-state index contributed by atoms with van der Waals surface area (Å²) in [5.74, 6) is -0.562. The van der Waals surface area contributed by atoms with Crippen LogP contribution in [0.15, 0.2) is 60.7 Å². The molecule has 4 nitrogen and oxygen atoms in total. The average molecular weight is 434 g/mol. The van der Waals surface area contributed by atoms with E-state index in [2.05, 4.69) is 18.2 Å². The van der Waals surface area contributed by atoms with Gasteiger partial charge < -0.3 is 14.7 Å². The van der Waals surface area contributed by atoms with Crippen LogP contribution in [0.1, 0.15) is 27.0 Å². The van der Waals surface area contributed by atoms with E-state index in [0.29, 0.717) is 24.5 Å². The van der Waals surface area contributed by atoms with Crippen LogP contribution in [0.5, 0.6) is 11.5 Å². The van der Waals surface area contributed by atoms with Crippen LogP contribution in [0.2, 0.25) is 0 Å². The van der Waals surface area contributed by atoms with Crippen molar-refractivity contribution in [3.8, 4) is 22.6 Å². The van der Waals surface area contributed by atoms with E-state index in [4.69, 9.17) is 4.74 Å². The largest absolute Gasteiger partial charge is 0.508 e. The zero-order valence-corrected chi connectivity index (χ0v) is 18.9. The lowest BCUT2D eigenvalue weighted by molar-refractivity contribution is 0.104. The maximum atomic E-state index is 14.0. The summed E-state index contributed by atoms with van der Waals surface area (Å²) < 4.78 is 19.9. The highest BCUT2D eigenvalue weighted by molar-refractivity contribution is 6.09. The van der Waals surface area contributed by atoms with E-state index in [-0.39, 0.29) is 17.1 Å². The summed E-state index contributed by atoms with van der Waals surface area (Å²) in [7, 11) is 3.90. The van der Waals surface area contributed by atoms with Gasteiger partial charge in [0.1, 0.15) is 23.9 Å². The van der Waals surface area contributed by atoms with E-state index in [9.17, 15) is 14.3 Å². The molecule has 0 saturated carbocycles. The smallest absolute Gasteiger partial charge is 0.189 e. The second-order valence-electron chi connectivity index (χ2n) is 8.14. The van der Waals surface area contributed by atoms with Crippen LogP contribution in [-0.2, 0) is 0 Å². The van der Waals surface area contributed by atoms with Crippen LogP contribution < -0.4 is 4.74 Å². The highest BCUT2D eigenvalue weighted by Gasteiger charge is 2.14. The first-order valence-electron chi connectivity index (χ1n) is 10.4. The Labute approximate surface area is 188 Å². The summed E-state index contributed by atoms with van der Waals surface area (Å²) >= 11 is 0. The van der Waals surface area contributed by atoms with E-state index in [1.807, 2.05) is 51.0 Å². The van der Waals surface area contributed by atoms with Crippen LogP contribution in [-0.4, -0.2) is 43.0 Å². The Balaban J connectivity index is 1.96. The summed E-state index contributed by atoms with van der Waals surface area (Å²) in [5, 5.41) is 9.38. The molecule has 5 heteroatoms. The monoisotopic (exact) mass is 433 g/mol. The molecule has 1 N–H and O–H groups in total. The molecule has 32 heavy (non-hydrogen) atoms. The highest BCUT2D eigenvalue weighted by Crippen LogP contribution is 2.29. The van der Waals surface area contributed by atoms with E-state index in [1.165, 1.54) is 24.3 Å². The number of allylic oxidation sites excluding steroid dienone is 1. The predicted octanol–water partition coefficient (Wildman–Crippen LogP) is 5.65. The number of phenols is 1. The molecule has 0 aliphatic rings. The number of benzene rings is 3. The topological polar surface area (TPSA) is 49.8 Å². The first-order valence-corrected chi connectivity index (χ1v) is 10.4. The standard InChI is InChI=1S/C27H28FNO3/c1-18-13-19(2)15-22(14-18)21-7-10-27(32-12-11-29(3)4)24(16-21)26(31)9-6-20-5-8-23(30)17-25(20)28/h5-10,13-17,30H,11-12H2,1-4H3/b9-6+. The predicted molar refractivity (Wildman–Crippen MR) is 127 cm³/mol. The van der Waals surface area contributed by atoms with Crippen LogP contribution in [0.4, 0.5) is 4.39 Å². The molecule has 0 saturated heterocycles. The molecule has 0 aliphatic carbocycles. The average Bonchev–Trinajstić information content (AvgIpc) is 2.72. The van der Waals surface area contributed by atoms with Crippen molar-refractivity contribution in [1.82, 2.24) is 4.90 Å². The van der Waals surface area contributed by atoms with Gasteiger partial charge in [-0.1, -0.05) is 35.4 Å². The van der Waals surface area contributed by atoms with Crippen LogP contribution >= 0.6 is 0 Å². The molecule has 3 rings (SSSR count).